The summed E-state index contributed by atoms with van der Waals surface area (Å²) in [6, 6.07) is 21.9. The standard InChI is InChI=1S/C22H22N2O3S/c1-17(18-8-4-3-5-9-18)16-21(19-11-13-20(27-2)14-12-19)24-28(25,26)22-10-6-7-15-23-22/h3-17,24H,1-2H3/b21-16-/t17-/m1/s1. The van der Waals surface area contributed by atoms with E-state index in [0.29, 0.717) is 11.4 Å². The monoisotopic (exact) mass is 394 g/mol. The molecule has 3 aromatic rings. The van der Waals surface area contributed by atoms with Crippen molar-refractivity contribution in [3.05, 3.63) is 96.2 Å². The van der Waals surface area contributed by atoms with Crippen LogP contribution >= 0.6 is 0 Å². The minimum atomic E-state index is -3.81. The van der Waals surface area contributed by atoms with E-state index in [4.69, 9.17) is 4.74 Å². The van der Waals surface area contributed by atoms with E-state index in [0.717, 1.165) is 11.1 Å². The number of hydrogen-bond acceptors (Lipinski definition) is 4. The zero-order valence-corrected chi connectivity index (χ0v) is 16.6. The Morgan fingerprint density at radius 3 is 2.29 bits per heavy atom. The van der Waals surface area contributed by atoms with Gasteiger partial charge in [-0.05, 0) is 47.5 Å². The molecule has 0 aliphatic heterocycles. The van der Waals surface area contributed by atoms with Crippen molar-refractivity contribution in [2.24, 2.45) is 0 Å². The molecule has 1 heterocycles. The van der Waals surface area contributed by atoms with Crippen LogP contribution in [0.3, 0.4) is 0 Å². The van der Waals surface area contributed by atoms with Crippen LogP contribution in [0.5, 0.6) is 5.75 Å². The first-order valence-electron chi connectivity index (χ1n) is 8.84. The smallest absolute Gasteiger partial charge is 0.279 e. The van der Waals surface area contributed by atoms with E-state index >= 15 is 0 Å². The lowest BCUT2D eigenvalue weighted by atomic mass is 9.98. The number of rotatable bonds is 7. The molecule has 0 saturated heterocycles. The molecule has 0 aliphatic carbocycles. The van der Waals surface area contributed by atoms with Crippen LogP contribution in [0.2, 0.25) is 0 Å². The molecule has 0 spiro atoms. The van der Waals surface area contributed by atoms with E-state index in [1.165, 1.54) is 12.3 Å². The zero-order chi connectivity index (χ0) is 20.0. The van der Waals surface area contributed by atoms with Crippen molar-refractivity contribution < 1.29 is 13.2 Å². The van der Waals surface area contributed by atoms with Crippen LogP contribution in [-0.2, 0) is 10.0 Å². The molecule has 0 bridgehead atoms. The van der Waals surface area contributed by atoms with Gasteiger partial charge >= 0.3 is 0 Å². The second kappa shape index (κ2) is 8.71. The summed E-state index contributed by atoms with van der Waals surface area (Å²) in [5, 5.41) is -0.0261. The van der Waals surface area contributed by atoms with E-state index in [-0.39, 0.29) is 10.9 Å². The highest BCUT2D eigenvalue weighted by Crippen LogP contribution is 2.24. The molecule has 0 fully saturated rings. The van der Waals surface area contributed by atoms with Crippen molar-refractivity contribution in [2.75, 3.05) is 7.11 Å². The molecule has 144 valence electrons. The predicted molar refractivity (Wildman–Crippen MR) is 110 cm³/mol. The van der Waals surface area contributed by atoms with E-state index < -0.39 is 10.0 Å². The summed E-state index contributed by atoms with van der Waals surface area (Å²) in [7, 11) is -2.22. The molecule has 0 unspecified atom stereocenters. The number of allylic oxidation sites excluding steroid dienone is 1. The first-order chi connectivity index (χ1) is 13.5. The lowest BCUT2D eigenvalue weighted by Gasteiger charge is -2.15. The quantitative estimate of drug-likeness (QED) is 0.652. The average molecular weight is 394 g/mol. The Bertz CT molecular complexity index is 1030. The van der Waals surface area contributed by atoms with Crippen LogP contribution in [0.4, 0.5) is 0 Å². The molecule has 1 aromatic heterocycles. The fraction of sp³-hybridized carbons (Fsp3) is 0.136. The van der Waals surface area contributed by atoms with Gasteiger partial charge in [0.1, 0.15) is 5.75 Å². The second-order valence-electron chi connectivity index (χ2n) is 6.28. The Balaban J connectivity index is 2.00. The Kier molecular flexibility index (Phi) is 6.11. The van der Waals surface area contributed by atoms with E-state index in [9.17, 15) is 8.42 Å². The van der Waals surface area contributed by atoms with Crippen molar-refractivity contribution >= 4 is 15.7 Å². The highest BCUT2D eigenvalue weighted by molar-refractivity contribution is 7.89. The molecular weight excluding hydrogens is 372 g/mol. The molecule has 1 atom stereocenters. The third-order valence-corrected chi connectivity index (χ3v) is 5.58. The Labute approximate surface area is 165 Å². The van der Waals surface area contributed by atoms with Crippen molar-refractivity contribution in [1.29, 1.82) is 0 Å². The molecule has 3 rings (SSSR count). The molecular formula is C22H22N2O3S. The Morgan fingerprint density at radius 2 is 1.68 bits per heavy atom. The van der Waals surface area contributed by atoms with Gasteiger partial charge in [0, 0.05) is 12.1 Å². The number of methoxy groups -OCH3 is 1. The van der Waals surface area contributed by atoms with Crippen molar-refractivity contribution in [3.8, 4) is 5.75 Å². The van der Waals surface area contributed by atoms with Crippen LogP contribution in [-0.4, -0.2) is 20.5 Å². The molecule has 2 aromatic carbocycles. The average Bonchev–Trinajstić information content (AvgIpc) is 2.74. The molecule has 0 amide bonds. The zero-order valence-electron chi connectivity index (χ0n) is 15.7. The van der Waals surface area contributed by atoms with Gasteiger partial charge in [0.15, 0.2) is 5.03 Å². The second-order valence-corrected chi connectivity index (χ2v) is 7.91. The Hall–Kier alpha value is -3.12. The summed E-state index contributed by atoms with van der Waals surface area (Å²) in [6.07, 6.45) is 3.36. The maximum absolute atomic E-state index is 12.8. The van der Waals surface area contributed by atoms with Crippen LogP contribution < -0.4 is 9.46 Å². The summed E-state index contributed by atoms with van der Waals surface area (Å²) < 4.78 is 33.5. The van der Waals surface area contributed by atoms with Crippen LogP contribution in [0, 0.1) is 0 Å². The van der Waals surface area contributed by atoms with Gasteiger partial charge in [-0.15, -0.1) is 0 Å². The highest BCUT2D eigenvalue weighted by Gasteiger charge is 2.18. The van der Waals surface area contributed by atoms with Gasteiger partial charge in [0.25, 0.3) is 10.0 Å². The lowest BCUT2D eigenvalue weighted by molar-refractivity contribution is 0.415. The van der Waals surface area contributed by atoms with Crippen LogP contribution in [0.1, 0.15) is 24.0 Å². The first-order valence-corrected chi connectivity index (χ1v) is 10.3. The van der Waals surface area contributed by atoms with Gasteiger partial charge in [-0.25, -0.2) is 4.98 Å². The number of aromatic nitrogens is 1. The summed E-state index contributed by atoms with van der Waals surface area (Å²) in [5.41, 5.74) is 2.32. The Morgan fingerprint density at radius 1 is 1.00 bits per heavy atom. The van der Waals surface area contributed by atoms with Gasteiger partial charge in [0.05, 0.1) is 12.8 Å². The van der Waals surface area contributed by atoms with Crippen LogP contribution in [0.15, 0.2) is 90.1 Å². The molecule has 1 N–H and O–H groups in total. The van der Waals surface area contributed by atoms with Crippen molar-refractivity contribution in [3.63, 3.8) is 0 Å². The summed E-state index contributed by atoms with van der Waals surface area (Å²) in [6.45, 7) is 2.02. The maximum atomic E-state index is 12.8. The SMILES string of the molecule is COc1ccc(/C(=C/[C@@H](C)c2ccccc2)NS(=O)(=O)c2ccccn2)cc1. The first kappa shape index (κ1) is 19.6. The minimum Gasteiger partial charge on any atom is -0.497 e. The van der Waals surface area contributed by atoms with Gasteiger partial charge in [-0.2, -0.15) is 8.42 Å². The molecule has 6 heteroatoms. The fourth-order valence-electron chi connectivity index (χ4n) is 2.77. The number of nitrogens with one attached hydrogen (secondary N) is 1. The molecule has 28 heavy (non-hydrogen) atoms. The van der Waals surface area contributed by atoms with Crippen molar-refractivity contribution in [1.82, 2.24) is 9.71 Å². The minimum absolute atomic E-state index is 0.00438. The highest BCUT2D eigenvalue weighted by atomic mass is 32.2. The number of nitrogens with zero attached hydrogens (tertiary/aromatic N) is 1. The van der Waals surface area contributed by atoms with Gasteiger partial charge in [0.2, 0.25) is 0 Å². The van der Waals surface area contributed by atoms with Gasteiger partial charge in [-0.3, -0.25) is 4.72 Å². The number of ether oxygens (including phenoxy) is 1. The third-order valence-electron chi connectivity index (χ3n) is 4.30. The number of hydrogen-bond donors (Lipinski definition) is 1. The van der Waals surface area contributed by atoms with Crippen LogP contribution in [0.25, 0.3) is 5.70 Å². The summed E-state index contributed by atoms with van der Waals surface area (Å²) in [5.74, 6) is 0.705. The number of sulfonamides is 1. The van der Waals surface area contributed by atoms with Gasteiger partial charge < -0.3 is 4.74 Å². The van der Waals surface area contributed by atoms with E-state index in [1.807, 2.05) is 55.5 Å². The summed E-state index contributed by atoms with van der Waals surface area (Å²) >= 11 is 0. The number of benzene rings is 2. The maximum Gasteiger partial charge on any atom is 0.279 e. The molecule has 0 radical (unpaired) electrons. The largest absolute Gasteiger partial charge is 0.497 e. The molecule has 5 nitrogen and oxygen atoms in total. The fourth-order valence-corrected chi connectivity index (χ4v) is 3.80. The van der Waals surface area contributed by atoms with Crippen molar-refractivity contribution in [2.45, 2.75) is 17.9 Å². The van der Waals surface area contributed by atoms with E-state index in [1.54, 1.807) is 31.4 Å². The van der Waals surface area contributed by atoms with Gasteiger partial charge in [-0.1, -0.05) is 49.4 Å². The number of pyridine rings is 1. The normalized spacial score (nSPS) is 13.0. The van der Waals surface area contributed by atoms with E-state index in [2.05, 4.69) is 9.71 Å². The molecule has 0 saturated carbocycles. The predicted octanol–water partition coefficient (Wildman–Crippen LogP) is 4.21. The third kappa shape index (κ3) is 4.78. The molecule has 0 aliphatic rings. The summed E-state index contributed by atoms with van der Waals surface area (Å²) in [4.78, 5) is 3.96. The topological polar surface area (TPSA) is 68.3 Å². The lowest BCUT2D eigenvalue weighted by Crippen LogP contribution is -2.23.